The minimum absolute atomic E-state index is 0.126. The number of aryl methyl sites for hydroxylation is 1. The number of thiazole rings is 1. The highest BCUT2D eigenvalue weighted by Crippen LogP contribution is 2.30. The van der Waals surface area contributed by atoms with Crippen LogP contribution in [0.1, 0.15) is 25.3 Å². The molecule has 2 aliphatic rings. The van der Waals surface area contributed by atoms with E-state index in [1.165, 1.54) is 10.3 Å². The number of piperazine rings is 1. The number of carbonyl (C=O) groups is 3. The minimum atomic E-state index is -0.243. The van der Waals surface area contributed by atoms with Gasteiger partial charge in [-0.1, -0.05) is 24.3 Å². The van der Waals surface area contributed by atoms with Crippen LogP contribution in [0.5, 0.6) is 0 Å². The molecule has 142 valence electrons. The first-order chi connectivity index (χ1) is 13.0. The van der Waals surface area contributed by atoms with Crippen LogP contribution >= 0.6 is 11.3 Å². The summed E-state index contributed by atoms with van der Waals surface area (Å²) in [4.78, 5) is 45.6. The van der Waals surface area contributed by atoms with Crippen LogP contribution in [0, 0.1) is 0 Å². The number of amides is 3. The average molecular weight is 386 g/mol. The number of benzene rings is 1. The van der Waals surface area contributed by atoms with Crippen molar-refractivity contribution in [3.8, 4) is 0 Å². The maximum absolute atomic E-state index is 12.4. The number of aromatic nitrogens is 1. The van der Waals surface area contributed by atoms with E-state index in [1.54, 1.807) is 16.2 Å². The normalized spacial score (nSPS) is 18.0. The number of anilines is 1. The SMILES string of the molecule is CCc1ccc2nc(N3CCN(C(=O)CN4C(=O)CCC4=O)CC3)sc2c1. The molecule has 0 aliphatic carbocycles. The van der Waals surface area contributed by atoms with Gasteiger partial charge in [0.2, 0.25) is 17.7 Å². The second-order valence-corrected chi connectivity index (χ2v) is 7.90. The van der Waals surface area contributed by atoms with Gasteiger partial charge in [-0.3, -0.25) is 19.3 Å². The number of rotatable bonds is 4. The molecule has 2 aromatic rings. The van der Waals surface area contributed by atoms with Gasteiger partial charge in [-0.2, -0.15) is 0 Å². The van der Waals surface area contributed by atoms with E-state index in [0.29, 0.717) is 26.2 Å². The van der Waals surface area contributed by atoms with Crippen LogP contribution in [0.2, 0.25) is 0 Å². The molecule has 7 nitrogen and oxygen atoms in total. The number of hydrogen-bond donors (Lipinski definition) is 0. The average Bonchev–Trinajstić information content (AvgIpc) is 3.25. The molecule has 0 atom stereocenters. The molecule has 1 aromatic heterocycles. The Morgan fingerprint density at radius 2 is 1.81 bits per heavy atom. The van der Waals surface area contributed by atoms with Crippen molar-refractivity contribution in [3.05, 3.63) is 23.8 Å². The molecule has 3 amide bonds. The maximum Gasteiger partial charge on any atom is 0.242 e. The summed E-state index contributed by atoms with van der Waals surface area (Å²) in [6, 6.07) is 6.38. The van der Waals surface area contributed by atoms with Crippen LogP contribution < -0.4 is 4.90 Å². The summed E-state index contributed by atoms with van der Waals surface area (Å²) in [6.07, 6.45) is 1.44. The monoisotopic (exact) mass is 386 g/mol. The van der Waals surface area contributed by atoms with E-state index in [0.717, 1.165) is 22.0 Å². The van der Waals surface area contributed by atoms with Gasteiger partial charge in [-0.05, 0) is 24.1 Å². The Kier molecular flexibility index (Phi) is 4.82. The highest BCUT2D eigenvalue weighted by atomic mass is 32.1. The third-order valence-electron chi connectivity index (χ3n) is 5.20. The number of carbonyl (C=O) groups excluding carboxylic acids is 3. The summed E-state index contributed by atoms with van der Waals surface area (Å²) in [6.45, 7) is 4.57. The number of nitrogens with zero attached hydrogens (tertiary/aromatic N) is 4. The van der Waals surface area contributed by atoms with Crippen molar-refractivity contribution < 1.29 is 14.4 Å². The molecular formula is C19H22N4O3S. The van der Waals surface area contributed by atoms with Crippen molar-refractivity contribution >= 4 is 44.4 Å². The number of fused-ring (bicyclic) bond motifs is 1. The van der Waals surface area contributed by atoms with E-state index in [9.17, 15) is 14.4 Å². The first-order valence-electron chi connectivity index (χ1n) is 9.30. The molecule has 4 rings (SSSR count). The highest BCUT2D eigenvalue weighted by Gasteiger charge is 2.32. The Hall–Kier alpha value is -2.48. The number of likely N-dealkylation sites (tertiary alicyclic amines) is 1. The molecule has 8 heteroatoms. The molecule has 0 spiro atoms. The molecule has 0 unspecified atom stereocenters. The molecule has 0 saturated carbocycles. The first kappa shape index (κ1) is 17.9. The lowest BCUT2D eigenvalue weighted by Gasteiger charge is -2.35. The topological polar surface area (TPSA) is 73.8 Å². The first-order valence-corrected chi connectivity index (χ1v) is 10.1. The van der Waals surface area contributed by atoms with Gasteiger partial charge in [-0.15, -0.1) is 0 Å². The fraction of sp³-hybridized carbons (Fsp3) is 0.474. The zero-order valence-electron chi connectivity index (χ0n) is 15.3. The van der Waals surface area contributed by atoms with Crippen molar-refractivity contribution in [2.24, 2.45) is 0 Å². The lowest BCUT2D eigenvalue weighted by Crippen LogP contribution is -2.51. The van der Waals surface area contributed by atoms with E-state index in [4.69, 9.17) is 4.98 Å². The van der Waals surface area contributed by atoms with E-state index in [-0.39, 0.29) is 37.1 Å². The van der Waals surface area contributed by atoms with Crippen LogP contribution in [-0.4, -0.2) is 65.2 Å². The Balaban J connectivity index is 1.38. The lowest BCUT2D eigenvalue weighted by atomic mass is 10.2. The summed E-state index contributed by atoms with van der Waals surface area (Å²) in [5, 5.41) is 0.982. The Morgan fingerprint density at radius 3 is 2.48 bits per heavy atom. The third kappa shape index (κ3) is 3.53. The van der Waals surface area contributed by atoms with Crippen molar-refractivity contribution in [2.45, 2.75) is 26.2 Å². The van der Waals surface area contributed by atoms with Crippen molar-refractivity contribution in [3.63, 3.8) is 0 Å². The van der Waals surface area contributed by atoms with Gasteiger partial charge < -0.3 is 9.80 Å². The van der Waals surface area contributed by atoms with Crippen LogP contribution in [0.25, 0.3) is 10.2 Å². The standard InChI is InChI=1S/C19H22N4O3S/c1-2-13-3-4-14-15(11-13)27-19(20-14)22-9-7-21(8-10-22)18(26)12-23-16(24)5-6-17(23)25/h3-4,11H,2,5-10,12H2,1H3. The van der Waals surface area contributed by atoms with Gasteiger partial charge in [0.1, 0.15) is 6.54 Å². The molecule has 1 aromatic carbocycles. The quantitative estimate of drug-likeness (QED) is 0.747. The summed E-state index contributed by atoms with van der Waals surface area (Å²) >= 11 is 1.68. The molecule has 2 fully saturated rings. The van der Waals surface area contributed by atoms with Crippen molar-refractivity contribution in [1.82, 2.24) is 14.8 Å². The Bertz CT molecular complexity index is 885. The summed E-state index contributed by atoms with van der Waals surface area (Å²) < 4.78 is 1.19. The van der Waals surface area contributed by atoms with E-state index < -0.39 is 0 Å². The van der Waals surface area contributed by atoms with Gasteiger partial charge >= 0.3 is 0 Å². The fourth-order valence-corrected chi connectivity index (χ4v) is 4.57. The van der Waals surface area contributed by atoms with Crippen LogP contribution in [-0.2, 0) is 20.8 Å². The molecule has 3 heterocycles. The number of hydrogen-bond acceptors (Lipinski definition) is 6. The minimum Gasteiger partial charge on any atom is -0.345 e. The zero-order valence-corrected chi connectivity index (χ0v) is 16.1. The van der Waals surface area contributed by atoms with Gasteiger partial charge in [-0.25, -0.2) is 4.98 Å². The summed E-state index contributed by atoms with van der Waals surface area (Å²) in [5.41, 5.74) is 2.32. The maximum atomic E-state index is 12.4. The molecule has 27 heavy (non-hydrogen) atoms. The molecule has 2 saturated heterocycles. The lowest BCUT2D eigenvalue weighted by molar-refractivity contribution is -0.145. The summed E-state index contributed by atoms with van der Waals surface area (Å²) in [7, 11) is 0. The van der Waals surface area contributed by atoms with Crippen LogP contribution in [0.4, 0.5) is 5.13 Å². The van der Waals surface area contributed by atoms with Gasteiger partial charge in [0.15, 0.2) is 5.13 Å². The van der Waals surface area contributed by atoms with Crippen molar-refractivity contribution in [2.75, 3.05) is 37.6 Å². The van der Waals surface area contributed by atoms with Gasteiger partial charge in [0.25, 0.3) is 0 Å². The predicted molar refractivity (Wildman–Crippen MR) is 104 cm³/mol. The van der Waals surface area contributed by atoms with E-state index >= 15 is 0 Å². The highest BCUT2D eigenvalue weighted by molar-refractivity contribution is 7.22. The molecular weight excluding hydrogens is 364 g/mol. The molecule has 0 radical (unpaired) electrons. The second kappa shape index (κ2) is 7.26. The second-order valence-electron chi connectivity index (χ2n) is 6.89. The van der Waals surface area contributed by atoms with E-state index in [1.807, 2.05) is 0 Å². The number of imide groups is 1. The zero-order chi connectivity index (χ0) is 19.0. The van der Waals surface area contributed by atoms with Crippen LogP contribution in [0.3, 0.4) is 0 Å². The predicted octanol–water partition coefficient (Wildman–Crippen LogP) is 1.66. The van der Waals surface area contributed by atoms with Gasteiger partial charge in [0.05, 0.1) is 10.2 Å². The largest absolute Gasteiger partial charge is 0.345 e. The molecule has 0 bridgehead atoms. The van der Waals surface area contributed by atoms with Crippen molar-refractivity contribution in [1.29, 1.82) is 0 Å². The fourth-order valence-electron chi connectivity index (χ4n) is 3.49. The summed E-state index contributed by atoms with van der Waals surface area (Å²) in [5.74, 6) is -0.643. The third-order valence-corrected chi connectivity index (χ3v) is 6.28. The smallest absolute Gasteiger partial charge is 0.242 e. The van der Waals surface area contributed by atoms with E-state index in [2.05, 4.69) is 30.0 Å². The molecule has 0 N–H and O–H groups in total. The molecule has 2 aliphatic heterocycles. The Labute approximate surface area is 161 Å². The van der Waals surface area contributed by atoms with Gasteiger partial charge in [0, 0.05) is 39.0 Å². The Morgan fingerprint density at radius 1 is 1.11 bits per heavy atom. The van der Waals surface area contributed by atoms with Crippen LogP contribution in [0.15, 0.2) is 18.2 Å².